The summed E-state index contributed by atoms with van der Waals surface area (Å²) in [6.45, 7) is 0. The second-order valence-electron chi connectivity index (χ2n) is 7.69. The highest BCUT2D eigenvalue weighted by molar-refractivity contribution is 7.98. The molecule has 11 heteroatoms. The first-order valence-corrected chi connectivity index (χ1v) is 11.9. The molecule has 0 spiro atoms. The topological polar surface area (TPSA) is 166 Å². The molecule has 2 aromatic heterocycles. The maximum Gasteiger partial charge on any atom is 0.326 e. The summed E-state index contributed by atoms with van der Waals surface area (Å²) in [6.07, 6.45) is 7.30. The Balaban J connectivity index is 1.79. The number of aromatic nitrogens is 3. The lowest BCUT2D eigenvalue weighted by Crippen LogP contribution is -2.55. The van der Waals surface area contributed by atoms with E-state index in [0.29, 0.717) is 17.9 Å². The van der Waals surface area contributed by atoms with Gasteiger partial charge in [0, 0.05) is 41.8 Å². The zero-order chi connectivity index (χ0) is 23.8. The van der Waals surface area contributed by atoms with E-state index in [2.05, 4.69) is 25.6 Å². The van der Waals surface area contributed by atoms with Crippen LogP contribution in [0.1, 0.15) is 17.7 Å². The highest BCUT2D eigenvalue weighted by atomic mass is 32.2. The number of hydrogen-bond acceptors (Lipinski definition) is 6. The number of amides is 2. The molecule has 176 valence electrons. The van der Waals surface area contributed by atoms with Crippen molar-refractivity contribution in [3.8, 4) is 0 Å². The Morgan fingerprint density at radius 3 is 2.58 bits per heavy atom. The average molecular weight is 473 g/mol. The van der Waals surface area contributed by atoms with Gasteiger partial charge >= 0.3 is 5.97 Å². The smallest absolute Gasteiger partial charge is 0.326 e. The van der Waals surface area contributed by atoms with E-state index >= 15 is 0 Å². The number of nitrogens with two attached hydrogens (primary N) is 1. The molecule has 2 heterocycles. The van der Waals surface area contributed by atoms with Crippen molar-refractivity contribution in [2.24, 2.45) is 5.73 Å². The number of para-hydroxylation sites is 1. The van der Waals surface area contributed by atoms with Gasteiger partial charge in [-0.3, -0.25) is 9.59 Å². The zero-order valence-corrected chi connectivity index (χ0v) is 19.0. The summed E-state index contributed by atoms with van der Waals surface area (Å²) in [7, 11) is 0. The number of thioether (sulfide) groups is 1. The van der Waals surface area contributed by atoms with Gasteiger partial charge in [0.25, 0.3) is 0 Å². The number of aromatic amines is 2. The molecule has 3 rings (SSSR count). The highest BCUT2D eigenvalue weighted by Crippen LogP contribution is 2.19. The lowest BCUT2D eigenvalue weighted by Gasteiger charge is -2.23. The van der Waals surface area contributed by atoms with Crippen molar-refractivity contribution < 1.29 is 19.5 Å². The number of carbonyl (C=O) groups is 3. The number of carboxylic acid groups (broad SMARTS) is 1. The summed E-state index contributed by atoms with van der Waals surface area (Å²) in [5, 5.41) is 15.8. The van der Waals surface area contributed by atoms with Gasteiger partial charge in [-0.25, -0.2) is 9.78 Å². The molecule has 0 saturated heterocycles. The van der Waals surface area contributed by atoms with Crippen LogP contribution in [0.2, 0.25) is 0 Å². The van der Waals surface area contributed by atoms with Crippen molar-refractivity contribution in [3.05, 3.63) is 54.2 Å². The van der Waals surface area contributed by atoms with E-state index in [1.165, 1.54) is 12.5 Å². The lowest BCUT2D eigenvalue weighted by molar-refractivity contribution is -0.142. The summed E-state index contributed by atoms with van der Waals surface area (Å²) in [4.78, 5) is 47.4. The Labute approximate surface area is 195 Å². The molecule has 10 nitrogen and oxygen atoms in total. The molecule has 0 fully saturated rings. The number of carboxylic acids is 1. The fourth-order valence-electron chi connectivity index (χ4n) is 3.47. The fourth-order valence-corrected chi connectivity index (χ4v) is 3.96. The SMILES string of the molecule is CSCC[C@H](N)C(=O)N[C@@H](Cc1c[nH]c2ccccc12)C(=O)N[C@@H](Cc1cnc[nH]1)C(=O)O. The molecule has 0 bridgehead atoms. The van der Waals surface area contributed by atoms with Crippen molar-refractivity contribution in [1.82, 2.24) is 25.6 Å². The number of imidazole rings is 1. The minimum absolute atomic E-state index is 0.0298. The molecule has 3 aromatic rings. The van der Waals surface area contributed by atoms with Crippen LogP contribution in [0.3, 0.4) is 0 Å². The van der Waals surface area contributed by atoms with Gasteiger partial charge in [0.05, 0.1) is 12.4 Å². The van der Waals surface area contributed by atoms with E-state index in [1.807, 2.05) is 30.5 Å². The summed E-state index contributed by atoms with van der Waals surface area (Å²) >= 11 is 1.57. The Morgan fingerprint density at radius 1 is 1.12 bits per heavy atom. The Hall–Kier alpha value is -3.31. The van der Waals surface area contributed by atoms with Crippen LogP contribution in [0.4, 0.5) is 0 Å². The van der Waals surface area contributed by atoms with Gasteiger partial charge in [0.15, 0.2) is 0 Å². The third-order valence-corrected chi connectivity index (χ3v) is 5.94. The van der Waals surface area contributed by atoms with Crippen LogP contribution in [-0.4, -0.2) is 68.0 Å². The first-order valence-electron chi connectivity index (χ1n) is 10.5. The summed E-state index contributed by atoms with van der Waals surface area (Å²) in [5.41, 5.74) is 8.28. The van der Waals surface area contributed by atoms with Crippen molar-refractivity contribution in [1.29, 1.82) is 0 Å². The molecule has 0 aliphatic heterocycles. The fraction of sp³-hybridized carbons (Fsp3) is 0.364. The Morgan fingerprint density at radius 2 is 1.88 bits per heavy atom. The number of hydrogen-bond donors (Lipinski definition) is 6. The monoisotopic (exact) mass is 472 g/mol. The maximum atomic E-state index is 13.2. The number of nitrogens with one attached hydrogen (secondary N) is 4. The van der Waals surface area contributed by atoms with Gasteiger partial charge < -0.3 is 31.4 Å². The van der Waals surface area contributed by atoms with E-state index in [9.17, 15) is 19.5 Å². The number of carbonyl (C=O) groups excluding carboxylic acids is 2. The van der Waals surface area contributed by atoms with Crippen LogP contribution in [-0.2, 0) is 27.2 Å². The van der Waals surface area contributed by atoms with E-state index in [0.717, 1.165) is 16.5 Å². The molecule has 33 heavy (non-hydrogen) atoms. The summed E-state index contributed by atoms with van der Waals surface area (Å²) in [6, 6.07) is 4.65. The number of aliphatic carboxylic acids is 1. The Kier molecular flexibility index (Phi) is 8.50. The van der Waals surface area contributed by atoms with Crippen LogP contribution in [0.15, 0.2) is 43.0 Å². The van der Waals surface area contributed by atoms with Crippen LogP contribution in [0.5, 0.6) is 0 Å². The van der Waals surface area contributed by atoms with Gasteiger partial charge in [-0.15, -0.1) is 0 Å². The third-order valence-electron chi connectivity index (χ3n) is 5.30. The summed E-state index contributed by atoms with van der Waals surface area (Å²) in [5.74, 6) is -1.53. The minimum atomic E-state index is -1.19. The van der Waals surface area contributed by atoms with Crippen molar-refractivity contribution in [2.75, 3.05) is 12.0 Å². The van der Waals surface area contributed by atoms with E-state index < -0.39 is 35.9 Å². The van der Waals surface area contributed by atoms with Crippen molar-refractivity contribution >= 4 is 40.4 Å². The lowest BCUT2D eigenvalue weighted by atomic mass is 10.0. The van der Waals surface area contributed by atoms with Gasteiger partial charge in [0.1, 0.15) is 12.1 Å². The van der Waals surface area contributed by atoms with Crippen LogP contribution in [0, 0.1) is 0 Å². The molecular formula is C22H28N6O4S. The third kappa shape index (κ3) is 6.59. The van der Waals surface area contributed by atoms with Gasteiger partial charge in [0.2, 0.25) is 11.8 Å². The molecule has 3 atom stereocenters. The van der Waals surface area contributed by atoms with Gasteiger partial charge in [-0.05, 0) is 30.1 Å². The van der Waals surface area contributed by atoms with Crippen molar-refractivity contribution in [3.63, 3.8) is 0 Å². The maximum absolute atomic E-state index is 13.2. The predicted octanol–water partition coefficient (Wildman–Crippen LogP) is 0.811. The Bertz CT molecular complexity index is 1080. The number of benzene rings is 1. The van der Waals surface area contributed by atoms with E-state index in [-0.39, 0.29) is 12.8 Å². The summed E-state index contributed by atoms with van der Waals surface area (Å²) < 4.78 is 0. The van der Waals surface area contributed by atoms with Crippen LogP contribution in [0.25, 0.3) is 10.9 Å². The molecule has 0 radical (unpaired) electrons. The molecular weight excluding hydrogens is 444 g/mol. The normalized spacial score (nSPS) is 13.9. The van der Waals surface area contributed by atoms with Crippen molar-refractivity contribution in [2.45, 2.75) is 37.4 Å². The molecule has 2 amide bonds. The molecule has 0 unspecified atom stereocenters. The van der Waals surface area contributed by atoms with Crippen LogP contribution < -0.4 is 16.4 Å². The van der Waals surface area contributed by atoms with E-state index in [1.54, 1.807) is 18.0 Å². The minimum Gasteiger partial charge on any atom is -0.480 e. The zero-order valence-electron chi connectivity index (χ0n) is 18.2. The molecule has 0 aliphatic carbocycles. The molecule has 0 saturated carbocycles. The predicted molar refractivity (Wildman–Crippen MR) is 127 cm³/mol. The molecule has 7 N–H and O–H groups in total. The second kappa shape index (κ2) is 11.5. The largest absolute Gasteiger partial charge is 0.480 e. The first kappa shape index (κ1) is 24.3. The molecule has 0 aliphatic rings. The molecule has 1 aromatic carbocycles. The van der Waals surface area contributed by atoms with Crippen LogP contribution >= 0.6 is 11.8 Å². The number of rotatable bonds is 12. The quantitative estimate of drug-likeness (QED) is 0.227. The first-order chi connectivity index (χ1) is 15.9. The van der Waals surface area contributed by atoms with Gasteiger partial charge in [-0.1, -0.05) is 18.2 Å². The van der Waals surface area contributed by atoms with Gasteiger partial charge in [-0.2, -0.15) is 11.8 Å². The average Bonchev–Trinajstić information content (AvgIpc) is 3.46. The highest BCUT2D eigenvalue weighted by Gasteiger charge is 2.29. The standard InChI is InChI=1S/C22H28N6O4S/c1-33-7-6-16(23)20(29)27-18(8-13-10-25-17-5-3-2-4-15(13)17)21(30)28-19(22(31)32)9-14-11-24-12-26-14/h2-5,10-12,16,18-19,25H,6-9,23H2,1H3,(H,24,26)(H,27,29)(H,28,30)(H,31,32)/t16-,18-,19-/m0/s1. The number of H-pyrrole nitrogens is 2. The second-order valence-corrected chi connectivity index (χ2v) is 8.68. The number of fused-ring (bicyclic) bond motifs is 1. The van der Waals surface area contributed by atoms with E-state index in [4.69, 9.17) is 5.73 Å². The number of nitrogens with zero attached hydrogens (tertiary/aromatic N) is 1.